The number of H-pyrrole nitrogens is 1. The zero-order valence-electron chi connectivity index (χ0n) is 15.2. The van der Waals surface area contributed by atoms with Crippen LogP contribution in [0.25, 0.3) is 5.69 Å². The van der Waals surface area contributed by atoms with Crippen molar-refractivity contribution in [3.63, 3.8) is 0 Å². The minimum Gasteiger partial charge on any atom is -0.376 e. The van der Waals surface area contributed by atoms with E-state index in [4.69, 9.17) is 9.47 Å². The van der Waals surface area contributed by atoms with Crippen LogP contribution in [0.5, 0.6) is 0 Å². The summed E-state index contributed by atoms with van der Waals surface area (Å²) in [7, 11) is 0. The number of rotatable bonds is 4. The predicted molar refractivity (Wildman–Crippen MR) is 97.8 cm³/mol. The van der Waals surface area contributed by atoms with Crippen molar-refractivity contribution in [2.75, 3.05) is 32.9 Å². The van der Waals surface area contributed by atoms with Gasteiger partial charge in [-0.1, -0.05) is 18.2 Å². The molecule has 4 rings (SSSR count). The minimum atomic E-state index is -0.468. The maximum absolute atomic E-state index is 12.5. The highest BCUT2D eigenvalue weighted by Gasteiger charge is 2.31. The fourth-order valence-corrected chi connectivity index (χ4v) is 3.76. The number of carbonyl (C=O) groups excluding carboxylic acids is 1. The Labute approximate surface area is 157 Å². The average Bonchev–Trinajstić information content (AvgIpc) is 3.09. The largest absolute Gasteiger partial charge is 0.376 e. The van der Waals surface area contributed by atoms with Crippen LogP contribution in [-0.4, -0.2) is 64.6 Å². The number of nitrogens with one attached hydrogen (secondary N) is 1. The Kier molecular flexibility index (Phi) is 5.35. The lowest BCUT2D eigenvalue weighted by Crippen LogP contribution is -2.48. The molecule has 27 heavy (non-hydrogen) atoms. The molecule has 0 unspecified atom stereocenters. The molecule has 144 valence electrons. The average molecular weight is 372 g/mol. The molecule has 1 atom stereocenters. The Balaban J connectivity index is 1.37. The molecule has 0 aliphatic carbocycles. The molecular formula is C19H24N4O4. The number of piperidine rings is 1. The first kappa shape index (κ1) is 17.9. The number of carbonyl (C=O) groups is 1. The Morgan fingerprint density at radius 3 is 2.67 bits per heavy atom. The summed E-state index contributed by atoms with van der Waals surface area (Å²) in [5.41, 5.74) is 0.589. The zero-order valence-corrected chi connectivity index (χ0v) is 15.2. The molecule has 2 fully saturated rings. The fraction of sp³-hybridized carbons (Fsp3) is 0.526. The van der Waals surface area contributed by atoms with E-state index in [-0.39, 0.29) is 11.6 Å². The lowest BCUT2D eigenvalue weighted by molar-refractivity contribution is -0.159. The van der Waals surface area contributed by atoms with Crippen molar-refractivity contribution in [1.29, 1.82) is 0 Å². The molecule has 1 N–H and O–H groups in total. The van der Waals surface area contributed by atoms with Crippen LogP contribution < -0.4 is 5.69 Å². The number of ether oxygens (including phenoxy) is 2. The molecule has 2 saturated heterocycles. The Bertz CT molecular complexity index is 818. The van der Waals surface area contributed by atoms with Crippen molar-refractivity contribution in [2.24, 2.45) is 5.92 Å². The summed E-state index contributed by atoms with van der Waals surface area (Å²) in [6.07, 6.45) is 2.01. The maximum atomic E-state index is 12.5. The van der Waals surface area contributed by atoms with Crippen LogP contribution in [0.3, 0.4) is 0 Å². The third-order valence-corrected chi connectivity index (χ3v) is 5.25. The van der Waals surface area contributed by atoms with Crippen LogP contribution in [0.2, 0.25) is 0 Å². The molecule has 1 amide bonds. The van der Waals surface area contributed by atoms with Gasteiger partial charge in [0.05, 0.1) is 25.5 Å². The summed E-state index contributed by atoms with van der Waals surface area (Å²) in [6.45, 7) is 2.77. The van der Waals surface area contributed by atoms with E-state index < -0.39 is 6.10 Å². The number of para-hydroxylation sites is 1. The van der Waals surface area contributed by atoms with E-state index >= 15 is 0 Å². The van der Waals surface area contributed by atoms with Crippen LogP contribution in [0.1, 0.15) is 18.7 Å². The Hall–Kier alpha value is -2.45. The van der Waals surface area contributed by atoms with Gasteiger partial charge in [-0.25, -0.2) is 14.5 Å². The molecule has 0 spiro atoms. The van der Waals surface area contributed by atoms with E-state index in [1.165, 1.54) is 0 Å². The van der Waals surface area contributed by atoms with Crippen LogP contribution in [0.4, 0.5) is 0 Å². The number of hydrogen-bond acceptors (Lipinski definition) is 5. The molecule has 0 bridgehead atoms. The van der Waals surface area contributed by atoms with Gasteiger partial charge in [-0.3, -0.25) is 4.79 Å². The molecule has 1 aromatic heterocycles. The quantitative estimate of drug-likeness (QED) is 0.856. The third kappa shape index (κ3) is 3.96. The predicted octanol–water partition coefficient (Wildman–Crippen LogP) is 0.757. The van der Waals surface area contributed by atoms with Gasteiger partial charge in [-0.15, -0.1) is 0 Å². The molecule has 2 aromatic rings. The highest BCUT2D eigenvalue weighted by atomic mass is 16.6. The maximum Gasteiger partial charge on any atom is 0.347 e. The summed E-state index contributed by atoms with van der Waals surface area (Å²) in [6, 6.07) is 9.52. The van der Waals surface area contributed by atoms with Crippen molar-refractivity contribution >= 4 is 5.91 Å². The molecule has 8 nitrogen and oxygen atoms in total. The first-order valence-electron chi connectivity index (χ1n) is 9.42. The van der Waals surface area contributed by atoms with Crippen molar-refractivity contribution in [2.45, 2.75) is 25.4 Å². The number of likely N-dealkylation sites (tertiary alicyclic amines) is 1. The molecule has 1 aromatic carbocycles. The third-order valence-electron chi connectivity index (χ3n) is 5.25. The van der Waals surface area contributed by atoms with Crippen molar-refractivity contribution < 1.29 is 14.3 Å². The van der Waals surface area contributed by atoms with Crippen LogP contribution in [0.15, 0.2) is 35.1 Å². The van der Waals surface area contributed by atoms with Crippen molar-refractivity contribution in [3.8, 4) is 5.69 Å². The van der Waals surface area contributed by atoms with Gasteiger partial charge in [0.1, 0.15) is 5.82 Å². The second-order valence-corrected chi connectivity index (χ2v) is 7.02. The van der Waals surface area contributed by atoms with E-state index in [0.29, 0.717) is 45.2 Å². The lowest BCUT2D eigenvalue weighted by atomic mass is 9.93. The minimum absolute atomic E-state index is 0.0223. The number of amides is 1. The molecular weight excluding hydrogens is 348 g/mol. The van der Waals surface area contributed by atoms with Crippen LogP contribution >= 0.6 is 0 Å². The first-order chi connectivity index (χ1) is 13.2. The summed E-state index contributed by atoms with van der Waals surface area (Å²) in [4.78, 5) is 26.5. The molecule has 2 aliphatic rings. The van der Waals surface area contributed by atoms with E-state index in [9.17, 15) is 9.59 Å². The standard InChI is InChI=1S/C19H24N4O4/c24-18(16-13-26-10-11-27-16)22-8-6-14(7-9-22)12-17-20-21-19(25)23(17)15-4-2-1-3-5-15/h1-5,14,16H,6-13H2,(H,21,25)/t16-/m1/s1. The summed E-state index contributed by atoms with van der Waals surface area (Å²) in [5, 5.41) is 6.78. The van der Waals surface area contributed by atoms with Crippen molar-refractivity contribution in [3.05, 3.63) is 46.6 Å². The van der Waals surface area contributed by atoms with E-state index in [1.807, 2.05) is 35.2 Å². The summed E-state index contributed by atoms with van der Waals surface area (Å²) in [5.74, 6) is 1.14. The van der Waals surface area contributed by atoms with E-state index in [1.54, 1.807) is 4.57 Å². The topological polar surface area (TPSA) is 89.5 Å². The van der Waals surface area contributed by atoms with Gasteiger partial charge < -0.3 is 14.4 Å². The SMILES string of the molecule is O=C([C@H]1COCCO1)N1CCC(Cc2n[nH]c(=O)n2-c2ccccc2)CC1. The van der Waals surface area contributed by atoms with Gasteiger partial charge in [0.2, 0.25) is 0 Å². The highest BCUT2D eigenvalue weighted by molar-refractivity contribution is 5.81. The molecule has 2 aliphatic heterocycles. The van der Waals surface area contributed by atoms with E-state index in [2.05, 4.69) is 10.2 Å². The zero-order chi connectivity index (χ0) is 18.6. The van der Waals surface area contributed by atoms with Crippen LogP contribution in [-0.2, 0) is 20.7 Å². The normalized spacial score (nSPS) is 21.3. The number of nitrogens with zero attached hydrogens (tertiary/aromatic N) is 3. The summed E-state index contributed by atoms with van der Waals surface area (Å²) >= 11 is 0. The Morgan fingerprint density at radius 2 is 1.96 bits per heavy atom. The van der Waals surface area contributed by atoms with Gasteiger partial charge in [0, 0.05) is 19.5 Å². The fourth-order valence-electron chi connectivity index (χ4n) is 3.76. The van der Waals surface area contributed by atoms with Crippen LogP contribution in [0, 0.1) is 5.92 Å². The van der Waals surface area contributed by atoms with Crippen molar-refractivity contribution in [1.82, 2.24) is 19.7 Å². The number of hydrogen-bond donors (Lipinski definition) is 1. The highest BCUT2D eigenvalue weighted by Crippen LogP contribution is 2.22. The summed E-state index contributed by atoms with van der Waals surface area (Å²) < 4.78 is 12.5. The van der Waals surface area contributed by atoms with Gasteiger partial charge in [0.25, 0.3) is 5.91 Å². The van der Waals surface area contributed by atoms with Gasteiger partial charge in [0.15, 0.2) is 6.10 Å². The second-order valence-electron chi connectivity index (χ2n) is 7.02. The molecule has 0 saturated carbocycles. The smallest absolute Gasteiger partial charge is 0.347 e. The van der Waals surface area contributed by atoms with Gasteiger partial charge in [-0.2, -0.15) is 5.10 Å². The first-order valence-corrected chi connectivity index (χ1v) is 9.42. The van der Waals surface area contributed by atoms with E-state index in [0.717, 1.165) is 24.4 Å². The second kappa shape index (κ2) is 8.06. The number of aromatic nitrogens is 3. The van der Waals surface area contributed by atoms with Gasteiger partial charge in [-0.05, 0) is 30.9 Å². The van der Waals surface area contributed by atoms with Gasteiger partial charge >= 0.3 is 5.69 Å². The molecule has 8 heteroatoms. The monoisotopic (exact) mass is 372 g/mol. The number of benzene rings is 1. The lowest BCUT2D eigenvalue weighted by Gasteiger charge is -2.34. The molecule has 0 radical (unpaired) electrons. The Morgan fingerprint density at radius 1 is 1.19 bits per heavy atom. The number of aromatic amines is 1. The molecule has 3 heterocycles.